The van der Waals surface area contributed by atoms with Crippen LogP contribution in [0.15, 0.2) is 53.4 Å². The lowest BCUT2D eigenvalue weighted by Crippen LogP contribution is -2.24. The van der Waals surface area contributed by atoms with Crippen LogP contribution >= 0.6 is 0 Å². The van der Waals surface area contributed by atoms with Crippen molar-refractivity contribution in [2.45, 2.75) is 18.4 Å². The van der Waals surface area contributed by atoms with Crippen molar-refractivity contribution in [2.24, 2.45) is 0 Å². The minimum Gasteiger partial charge on any atom is -0.348 e. The van der Waals surface area contributed by atoms with Gasteiger partial charge in [-0.15, -0.1) is 0 Å². The smallest absolute Gasteiger partial charge is 0.252 e. The molecule has 0 aliphatic rings. The van der Waals surface area contributed by atoms with E-state index in [0.717, 1.165) is 0 Å². The van der Waals surface area contributed by atoms with Gasteiger partial charge in [0.2, 0.25) is 0 Å². The average molecular weight is 305 g/mol. The Morgan fingerprint density at radius 3 is 2.52 bits per heavy atom. The second kappa shape index (κ2) is 7.13. The SMILES string of the molecule is CCS(=O)c1ccccc1C(=O)NCc1ccccc1F. The molecule has 2 aromatic carbocycles. The zero-order valence-electron chi connectivity index (χ0n) is 11.6. The zero-order chi connectivity index (χ0) is 15.2. The Bertz CT molecular complexity index is 673. The second-order valence-corrected chi connectivity index (χ2v) is 6.11. The number of carbonyl (C=O) groups excluding carboxylic acids is 1. The van der Waals surface area contributed by atoms with Crippen molar-refractivity contribution in [3.8, 4) is 0 Å². The number of nitrogens with one attached hydrogen (secondary N) is 1. The highest BCUT2D eigenvalue weighted by atomic mass is 32.2. The molecule has 2 aromatic rings. The minimum absolute atomic E-state index is 0.0958. The Kier molecular flexibility index (Phi) is 5.22. The van der Waals surface area contributed by atoms with Crippen molar-refractivity contribution in [3.63, 3.8) is 0 Å². The van der Waals surface area contributed by atoms with E-state index in [1.54, 1.807) is 49.4 Å². The number of benzene rings is 2. The Morgan fingerprint density at radius 2 is 1.81 bits per heavy atom. The number of amides is 1. The van der Waals surface area contributed by atoms with Crippen LogP contribution in [0.1, 0.15) is 22.8 Å². The van der Waals surface area contributed by atoms with E-state index in [1.807, 2.05) is 0 Å². The maximum absolute atomic E-state index is 13.5. The molecule has 3 nitrogen and oxygen atoms in total. The number of hydrogen-bond acceptors (Lipinski definition) is 2. The molecule has 5 heteroatoms. The van der Waals surface area contributed by atoms with Crippen molar-refractivity contribution in [3.05, 3.63) is 65.5 Å². The van der Waals surface area contributed by atoms with Crippen LogP contribution in [0.3, 0.4) is 0 Å². The van der Waals surface area contributed by atoms with Crippen LogP contribution < -0.4 is 5.32 Å². The fraction of sp³-hybridized carbons (Fsp3) is 0.188. The summed E-state index contributed by atoms with van der Waals surface area (Å²) in [4.78, 5) is 12.7. The van der Waals surface area contributed by atoms with Crippen LogP contribution in [0.25, 0.3) is 0 Å². The zero-order valence-corrected chi connectivity index (χ0v) is 12.5. The highest BCUT2D eigenvalue weighted by molar-refractivity contribution is 7.85. The predicted molar refractivity (Wildman–Crippen MR) is 81.0 cm³/mol. The summed E-state index contributed by atoms with van der Waals surface area (Å²) in [7, 11) is -1.21. The summed E-state index contributed by atoms with van der Waals surface area (Å²) in [5.74, 6) is -0.267. The molecule has 0 spiro atoms. The van der Waals surface area contributed by atoms with Gasteiger partial charge in [0.15, 0.2) is 0 Å². The molecule has 0 bridgehead atoms. The summed E-state index contributed by atoms with van der Waals surface area (Å²) >= 11 is 0. The van der Waals surface area contributed by atoms with Crippen molar-refractivity contribution in [2.75, 3.05) is 5.75 Å². The van der Waals surface area contributed by atoms with Gasteiger partial charge in [0, 0.05) is 17.9 Å². The summed E-state index contributed by atoms with van der Waals surface area (Å²) in [6, 6.07) is 13.0. The first-order chi connectivity index (χ1) is 10.1. The molecule has 0 aromatic heterocycles. The van der Waals surface area contributed by atoms with Crippen LogP contribution in [-0.2, 0) is 17.3 Å². The van der Waals surface area contributed by atoms with Gasteiger partial charge in [-0.2, -0.15) is 0 Å². The summed E-state index contributed by atoms with van der Waals surface area (Å²) < 4.78 is 25.4. The first-order valence-corrected chi connectivity index (χ1v) is 7.94. The summed E-state index contributed by atoms with van der Waals surface area (Å²) in [6.45, 7) is 1.89. The van der Waals surface area contributed by atoms with Gasteiger partial charge in [0.1, 0.15) is 5.82 Å². The molecule has 110 valence electrons. The lowest BCUT2D eigenvalue weighted by Gasteiger charge is -2.09. The molecular formula is C16H16FNO2S. The maximum Gasteiger partial charge on any atom is 0.252 e. The molecule has 1 N–H and O–H groups in total. The van der Waals surface area contributed by atoms with Gasteiger partial charge in [0.05, 0.1) is 21.3 Å². The van der Waals surface area contributed by atoms with Crippen LogP contribution in [0.4, 0.5) is 4.39 Å². The van der Waals surface area contributed by atoms with Gasteiger partial charge in [-0.05, 0) is 18.2 Å². The van der Waals surface area contributed by atoms with E-state index in [2.05, 4.69) is 5.32 Å². The van der Waals surface area contributed by atoms with E-state index in [4.69, 9.17) is 0 Å². The van der Waals surface area contributed by atoms with Gasteiger partial charge < -0.3 is 5.32 Å². The third-order valence-corrected chi connectivity index (χ3v) is 4.41. The Hall–Kier alpha value is -2.01. The van der Waals surface area contributed by atoms with Crippen LogP contribution in [-0.4, -0.2) is 15.9 Å². The third kappa shape index (κ3) is 3.76. The van der Waals surface area contributed by atoms with Crippen molar-refractivity contribution >= 4 is 16.7 Å². The van der Waals surface area contributed by atoms with Gasteiger partial charge >= 0.3 is 0 Å². The third-order valence-electron chi connectivity index (χ3n) is 3.04. The standard InChI is InChI=1S/C16H16FNO2S/c1-2-21(20)15-10-6-4-8-13(15)16(19)18-11-12-7-3-5-9-14(12)17/h3-10H,2,11H2,1H3,(H,18,19). The number of hydrogen-bond donors (Lipinski definition) is 1. The van der Waals surface area contributed by atoms with Gasteiger partial charge in [-0.25, -0.2) is 4.39 Å². The van der Waals surface area contributed by atoms with Crippen molar-refractivity contribution in [1.82, 2.24) is 5.32 Å². The van der Waals surface area contributed by atoms with Crippen LogP contribution in [0.2, 0.25) is 0 Å². The van der Waals surface area contributed by atoms with E-state index in [0.29, 0.717) is 21.8 Å². The molecule has 1 atom stereocenters. The molecule has 0 aliphatic carbocycles. The molecule has 0 saturated carbocycles. The Balaban J connectivity index is 2.14. The van der Waals surface area contributed by atoms with E-state index >= 15 is 0 Å². The fourth-order valence-corrected chi connectivity index (χ4v) is 2.87. The first kappa shape index (κ1) is 15.4. The summed E-state index contributed by atoms with van der Waals surface area (Å²) in [5.41, 5.74) is 0.786. The number of rotatable bonds is 5. The molecular weight excluding hydrogens is 289 g/mol. The fourth-order valence-electron chi connectivity index (χ4n) is 1.92. The summed E-state index contributed by atoms with van der Waals surface area (Å²) in [5, 5.41) is 2.66. The van der Waals surface area contributed by atoms with Gasteiger partial charge in [0.25, 0.3) is 5.91 Å². The van der Waals surface area contributed by atoms with E-state index in [9.17, 15) is 13.4 Å². The average Bonchev–Trinajstić information content (AvgIpc) is 2.53. The molecule has 0 heterocycles. The minimum atomic E-state index is -1.21. The van der Waals surface area contributed by atoms with Crippen LogP contribution in [0.5, 0.6) is 0 Å². The molecule has 2 rings (SSSR count). The number of halogens is 1. The lowest BCUT2D eigenvalue weighted by atomic mass is 10.2. The Morgan fingerprint density at radius 1 is 1.14 bits per heavy atom. The molecule has 0 aliphatic heterocycles. The summed E-state index contributed by atoms with van der Waals surface area (Å²) in [6.07, 6.45) is 0. The molecule has 0 fully saturated rings. The van der Waals surface area contributed by atoms with Crippen molar-refractivity contribution in [1.29, 1.82) is 0 Å². The molecule has 0 radical (unpaired) electrons. The van der Waals surface area contributed by atoms with Gasteiger partial charge in [-0.1, -0.05) is 37.3 Å². The number of carbonyl (C=O) groups is 1. The molecule has 1 amide bonds. The van der Waals surface area contributed by atoms with Crippen molar-refractivity contribution < 1.29 is 13.4 Å². The maximum atomic E-state index is 13.5. The second-order valence-electron chi connectivity index (χ2n) is 4.40. The topological polar surface area (TPSA) is 46.2 Å². The highest BCUT2D eigenvalue weighted by Gasteiger charge is 2.14. The first-order valence-electron chi connectivity index (χ1n) is 6.62. The normalized spacial score (nSPS) is 11.9. The largest absolute Gasteiger partial charge is 0.348 e. The van der Waals surface area contributed by atoms with E-state index in [-0.39, 0.29) is 18.3 Å². The quantitative estimate of drug-likeness (QED) is 0.923. The monoisotopic (exact) mass is 305 g/mol. The Labute approximate surface area is 125 Å². The molecule has 1 unspecified atom stereocenters. The van der Waals surface area contributed by atoms with E-state index < -0.39 is 10.8 Å². The van der Waals surface area contributed by atoms with Crippen LogP contribution in [0, 0.1) is 5.82 Å². The molecule has 0 saturated heterocycles. The van der Waals surface area contributed by atoms with Gasteiger partial charge in [-0.3, -0.25) is 9.00 Å². The van der Waals surface area contributed by atoms with E-state index in [1.165, 1.54) is 6.07 Å². The lowest BCUT2D eigenvalue weighted by molar-refractivity contribution is 0.0947. The predicted octanol–water partition coefficient (Wildman–Crippen LogP) is 2.88. The molecule has 21 heavy (non-hydrogen) atoms. The highest BCUT2D eigenvalue weighted by Crippen LogP contribution is 2.14.